The molecule has 4 aromatic carbocycles. The molecule has 220 valence electrons. The lowest BCUT2D eigenvalue weighted by atomic mass is 9.77. The minimum absolute atomic E-state index is 0.313. The van der Waals surface area contributed by atoms with E-state index in [9.17, 15) is 9.18 Å². The van der Waals surface area contributed by atoms with Gasteiger partial charge in [-0.3, -0.25) is 4.79 Å². The van der Waals surface area contributed by atoms with E-state index in [1.165, 1.54) is 13.8 Å². The van der Waals surface area contributed by atoms with Crippen LogP contribution in [-0.4, -0.2) is 21.5 Å². The molecule has 2 atom stereocenters. The van der Waals surface area contributed by atoms with Crippen molar-refractivity contribution in [3.8, 4) is 17.2 Å². The molecule has 0 aliphatic heterocycles. The number of alkyl halides is 2. The SMILES string of the molecule is CC(Oc1ccccc1)C(=O)NC(Cc1ccccc1)(c1cccc(OC(C)(C)F)c1)c1cccc(OC(C)(C)I)c1. The maximum absolute atomic E-state index is 14.6. The summed E-state index contributed by atoms with van der Waals surface area (Å²) in [6.07, 6.45) is -0.406. The van der Waals surface area contributed by atoms with Crippen LogP contribution in [0, 0.1) is 0 Å². The van der Waals surface area contributed by atoms with Gasteiger partial charge in [-0.1, -0.05) is 72.8 Å². The number of nitrogens with one attached hydrogen (secondary N) is 1. The summed E-state index contributed by atoms with van der Waals surface area (Å²) in [7, 11) is 0. The summed E-state index contributed by atoms with van der Waals surface area (Å²) in [5.74, 6) is -0.603. The smallest absolute Gasteiger partial charge is 0.261 e. The monoisotopic (exact) mass is 681 g/mol. The van der Waals surface area contributed by atoms with Crippen LogP contribution in [0.1, 0.15) is 51.3 Å². The molecule has 4 aromatic rings. The van der Waals surface area contributed by atoms with E-state index in [1.807, 2.05) is 105 Å². The number of ether oxygens (including phenoxy) is 3. The Morgan fingerprint density at radius 3 is 1.79 bits per heavy atom. The van der Waals surface area contributed by atoms with E-state index in [4.69, 9.17) is 14.2 Å². The van der Waals surface area contributed by atoms with Crippen molar-refractivity contribution in [3.05, 3.63) is 126 Å². The van der Waals surface area contributed by atoms with Crippen LogP contribution in [0.2, 0.25) is 0 Å². The summed E-state index contributed by atoms with van der Waals surface area (Å²) in [6, 6.07) is 34.1. The van der Waals surface area contributed by atoms with Crippen molar-refractivity contribution in [3.63, 3.8) is 0 Å². The van der Waals surface area contributed by atoms with Crippen LogP contribution in [0.3, 0.4) is 0 Å². The van der Waals surface area contributed by atoms with E-state index in [0.29, 0.717) is 23.7 Å². The Morgan fingerprint density at radius 1 is 0.762 bits per heavy atom. The van der Waals surface area contributed by atoms with Crippen molar-refractivity contribution >= 4 is 28.5 Å². The summed E-state index contributed by atoms with van der Waals surface area (Å²) in [4.78, 5) is 14.0. The largest absolute Gasteiger partial charge is 0.481 e. The van der Waals surface area contributed by atoms with E-state index >= 15 is 0 Å². The van der Waals surface area contributed by atoms with Gasteiger partial charge in [0.1, 0.15) is 17.2 Å². The molecule has 0 aromatic heterocycles. The van der Waals surface area contributed by atoms with Gasteiger partial charge >= 0.3 is 0 Å². The lowest BCUT2D eigenvalue weighted by Crippen LogP contribution is -2.52. The van der Waals surface area contributed by atoms with Crippen molar-refractivity contribution in [2.45, 2.75) is 62.1 Å². The highest BCUT2D eigenvalue weighted by molar-refractivity contribution is 14.1. The predicted octanol–water partition coefficient (Wildman–Crippen LogP) is 8.39. The third-order valence-electron chi connectivity index (χ3n) is 6.45. The molecule has 4 rings (SSSR count). The molecule has 1 N–H and O–H groups in total. The van der Waals surface area contributed by atoms with Gasteiger partial charge in [0, 0.05) is 20.3 Å². The number of amides is 1. The maximum atomic E-state index is 14.6. The summed E-state index contributed by atoms with van der Waals surface area (Å²) < 4.78 is 32.0. The third kappa shape index (κ3) is 8.71. The Balaban J connectivity index is 1.87. The van der Waals surface area contributed by atoms with Crippen LogP contribution in [0.5, 0.6) is 17.2 Å². The first kappa shape index (κ1) is 31.3. The Labute approximate surface area is 261 Å². The van der Waals surface area contributed by atoms with Crippen LogP contribution in [0.15, 0.2) is 109 Å². The lowest BCUT2D eigenvalue weighted by molar-refractivity contribution is -0.129. The maximum Gasteiger partial charge on any atom is 0.261 e. The number of hydrogen-bond donors (Lipinski definition) is 1. The van der Waals surface area contributed by atoms with Crippen LogP contribution < -0.4 is 19.5 Å². The van der Waals surface area contributed by atoms with Crippen LogP contribution in [0.4, 0.5) is 4.39 Å². The second-order valence-corrected chi connectivity index (χ2v) is 13.7. The normalized spacial score (nSPS) is 13.9. The van der Waals surface area contributed by atoms with Gasteiger partial charge in [0.05, 0.1) is 5.54 Å². The predicted molar refractivity (Wildman–Crippen MR) is 173 cm³/mol. The fourth-order valence-electron chi connectivity index (χ4n) is 4.74. The second kappa shape index (κ2) is 13.2. The number of benzene rings is 4. The van der Waals surface area contributed by atoms with Crippen molar-refractivity contribution in [2.24, 2.45) is 0 Å². The summed E-state index contributed by atoms with van der Waals surface area (Å²) in [5, 5.41) is 3.34. The topological polar surface area (TPSA) is 56.8 Å². The molecule has 0 radical (unpaired) electrons. The first-order valence-electron chi connectivity index (χ1n) is 13.9. The van der Waals surface area contributed by atoms with Crippen molar-refractivity contribution < 1.29 is 23.4 Å². The zero-order valence-corrected chi connectivity index (χ0v) is 26.7. The minimum atomic E-state index is -1.89. The fraction of sp³-hybridized carbons (Fsp3) is 0.286. The number of rotatable bonds is 12. The lowest BCUT2D eigenvalue weighted by Gasteiger charge is -2.38. The van der Waals surface area contributed by atoms with Crippen molar-refractivity contribution in [1.29, 1.82) is 0 Å². The van der Waals surface area contributed by atoms with Gasteiger partial charge in [-0.25, -0.2) is 0 Å². The van der Waals surface area contributed by atoms with E-state index in [1.54, 1.807) is 25.1 Å². The molecular formula is C35H37FINO4. The highest BCUT2D eigenvalue weighted by Gasteiger charge is 2.39. The molecule has 0 aliphatic rings. The molecule has 2 unspecified atom stereocenters. The van der Waals surface area contributed by atoms with E-state index in [0.717, 1.165) is 16.7 Å². The second-order valence-electron chi connectivity index (χ2n) is 11.1. The number of carbonyl (C=O) groups is 1. The Bertz CT molecular complexity index is 1410. The van der Waals surface area contributed by atoms with E-state index in [-0.39, 0.29) is 5.91 Å². The van der Waals surface area contributed by atoms with E-state index < -0.39 is 21.1 Å². The summed E-state index contributed by atoms with van der Waals surface area (Å²) >= 11 is 2.24. The average Bonchev–Trinajstić information content (AvgIpc) is 2.92. The van der Waals surface area contributed by atoms with Crippen molar-refractivity contribution in [2.75, 3.05) is 0 Å². The third-order valence-corrected chi connectivity index (χ3v) is 6.67. The minimum Gasteiger partial charge on any atom is -0.481 e. The van der Waals surface area contributed by atoms with Gasteiger partial charge in [0.15, 0.2) is 9.71 Å². The van der Waals surface area contributed by atoms with Gasteiger partial charge in [-0.05, 0) is 96.5 Å². The molecule has 5 nitrogen and oxygen atoms in total. The number of carbonyl (C=O) groups excluding carboxylic acids is 1. The first-order valence-corrected chi connectivity index (χ1v) is 15.0. The molecule has 0 saturated heterocycles. The van der Waals surface area contributed by atoms with Crippen molar-refractivity contribution in [1.82, 2.24) is 5.32 Å². The standard InChI is InChI=1S/C35H37FINO4/c1-25(40-29-18-10-7-11-19-29)32(39)38-35(24-26-14-8-6-9-15-26,27-16-12-20-30(22-27)41-33(2,3)36)28-17-13-21-31(23-28)42-34(4,5)37/h6-23,25H,24H2,1-5H3,(H,38,39). The zero-order valence-electron chi connectivity index (χ0n) is 24.6. The van der Waals surface area contributed by atoms with Gasteiger partial charge in [0.25, 0.3) is 5.91 Å². The molecule has 0 bridgehead atoms. The number of halogens is 2. The first-order chi connectivity index (χ1) is 19.8. The van der Waals surface area contributed by atoms with Gasteiger partial charge in [-0.15, -0.1) is 0 Å². The van der Waals surface area contributed by atoms with Gasteiger partial charge in [-0.2, -0.15) is 4.39 Å². The molecule has 0 aliphatic carbocycles. The highest BCUT2D eigenvalue weighted by atomic mass is 127. The quantitative estimate of drug-likeness (QED) is 0.121. The number of hydrogen-bond acceptors (Lipinski definition) is 4. The molecule has 1 amide bonds. The molecule has 0 fully saturated rings. The van der Waals surface area contributed by atoms with Crippen LogP contribution >= 0.6 is 22.6 Å². The average molecular weight is 682 g/mol. The Kier molecular flexibility index (Phi) is 9.82. The van der Waals surface area contributed by atoms with Gasteiger partial charge in [0.2, 0.25) is 5.85 Å². The van der Waals surface area contributed by atoms with E-state index in [2.05, 4.69) is 27.9 Å². The molecule has 42 heavy (non-hydrogen) atoms. The molecule has 7 heteroatoms. The molecule has 0 saturated carbocycles. The summed E-state index contributed by atoms with van der Waals surface area (Å²) in [5.41, 5.74) is 1.41. The Hall–Kier alpha value is -3.59. The highest BCUT2D eigenvalue weighted by Crippen LogP contribution is 2.38. The molecular weight excluding hydrogens is 644 g/mol. The fourth-order valence-corrected chi connectivity index (χ4v) is 4.99. The van der Waals surface area contributed by atoms with Gasteiger partial charge < -0.3 is 19.5 Å². The van der Waals surface area contributed by atoms with Crippen LogP contribution in [0.25, 0.3) is 0 Å². The molecule has 0 spiro atoms. The zero-order chi connectivity index (χ0) is 30.4. The number of para-hydroxylation sites is 1. The van der Waals surface area contributed by atoms with Crippen LogP contribution in [-0.2, 0) is 16.8 Å². The molecule has 0 heterocycles. The summed E-state index contributed by atoms with van der Waals surface area (Å²) in [6.45, 7) is 8.38. The Morgan fingerprint density at radius 2 is 1.26 bits per heavy atom.